The molecule has 1 saturated carbocycles. The Bertz CT molecular complexity index is 255. The molecule has 0 aromatic carbocycles. The summed E-state index contributed by atoms with van der Waals surface area (Å²) in [6.07, 6.45) is 10.0. The molecule has 0 saturated heterocycles. The molecule has 0 radical (unpaired) electrons. The van der Waals surface area contributed by atoms with E-state index in [0.717, 1.165) is 43.9 Å². The second kappa shape index (κ2) is 7.93. The van der Waals surface area contributed by atoms with Gasteiger partial charge in [0.25, 0.3) is 0 Å². The van der Waals surface area contributed by atoms with E-state index < -0.39 is 0 Å². The molecule has 1 N–H and O–H groups in total. The van der Waals surface area contributed by atoms with Gasteiger partial charge in [-0.15, -0.1) is 0 Å². The lowest BCUT2D eigenvalue weighted by molar-refractivity contribution is 0.0688. The molecule has 0 aromatic rings. The molecule has 0 aliphatic heterocycles. The molecule has 0 aromatic heterocycles. The van der Waals surface area contributed by atoms with E-state index in [1.165, 1.54) is 25.8 Å². The monoisotopic (exact) mass is 253 g/mol. The molecule has 2 aliphatic carbocycles. The Labute approximate surface area is 111 Å². The summed E-state index contributed by atoms with van der Waals surface area (Å²) in [4.78, 5) is 0. The molecule has 2 rings (SSSR count). The average molecular weight is 253 g/mol. The van der Waals surface area contributed by atoms with Crippen molar-refractivity contribution < 1.29 is 9.47 Å². The van der Waals surface area contributed by atoms with Crippen molar-refractivity contribution in [2.24, 2.45) is 17.8 Å². The van der Waals surface area contributed by atoms with Crippen molar-refractivity contribution in [3.63, 3.8) is 0 Å². The van der Waals surface area contributed by atoms with Gasteiger partial charge in [-0.25, -0.2) is 0 Å². The molecule has 3 heteroatoms. The minimum Gasteiger partial charge on any atom is -0.382 e. The highest BCUT2D eigenvalue weighted by molar-refractivity contribution is 5.10. The van der Waals surface area contributed by atoms with Gasteiger partial charge >= 0.3 is 0 Å². The summed E-state index contributed by atoms with van der Waals surface area (Å²) < 4.78 is 10.4. The molecule has 1 fully saturated rings. The molecule has 3 nitrogen and oxygen atoms in total. The first kappa shape index (κ1) is 14.0. The summed E-state index contributed by atoms with van der Waals surface area (Å²) in [5.41, 5.74) is 0. The van der Waals surface area contributed by atoms with E-state index >= 15 is 0 Å². The Balaban J connectivity index is 1.37. The van der Waals surface area contributed by atoms with Crippen molar-refractivity contribution in [1.29, 1.82) is 0 Å². The van der Waals surface area contributed by atoms with E-state index in [1.807, 2.05) is 0 Å². The second-order valence-electron chi connectivity index (χ2n) is 5.56. The third-order valence-electron chi connectivity index (χ3n) is 4.15. The third-order valence-corrected chi connectivity index (χ3v) is 4.15. The normalized spacial score (nSPS) is 29.3. The van der Waals surface area contributed by atoms with Crippen LogP contribution in [0.3, 0.4) is 0 Å². The number of ether oxygens (including phenoxy) is 2. The molecule has 0 heterocycles. The number of unbranched alkanes of at least 4 members (excludes halogenated alkanes) is 1. The molecular formula is C15H27NO2. The molecule has 0 spiro atoms. The molecule has 18 heavy (non-hydrogen) atoms. The zero-order valence-corrected chi connectivity index (χ0v) is 11.6. The minimum absolute atomic E-state index is 0.704. The predicted octanol–water partition coefficient (Wildman–Crippen LogP) is 2.23. The predicted molar refractivity (Wildman–Crippen MR) is 73.6 cm³/mol. The fourth-order valence-electron chi connectivity index (χ4n) is 3.12. The number of rotatable bonds is 10. The number of hydrogen-bond acceptors (Lipinski definition) is 3. The minimum atomic E-state index is 0.704. The van der Waals surface area contributed by atoms with Crippen LogP contribution in [-0.2, 0) is 9.47 Å². The quantitative estimate of drug-likeness (QED) is 0.478. The Hall–Kier alpha value is -0.380. The third kappa shape index (κ3) is 4.38. The van der Waals surface area contributed by atoms with E-state index in [1.54, 1.807) is 7.11 Å². The number of nitrogens with one attached hydrogen (secondary N) is 1. The van der Waals surface area contributed by atoms with Crippen LogP contribution in [0.4, 0.5) is 0 Å². The molecule has 0 amide bonds. The van der Waals surface area contributed by atoms with Gasteiger partial charge in [0.15, 0.2) is 0 Å². The first-order valence-corrected chi connectivity index (χ1v) is 7.36. The van der Waals surface area contributed by atoms with E-state index in [9.17, 15) is 0 Å². The van der Waals surface area contributed by atoms with Crippen LogP contribution in [0, 0.1) is 17.8 Å². The van der Waals surface area contributed by atoms with Crippen molar-refractivity contribution in [3.8, 4) is 0 Å². The average Bonchev–Trinajstić information content (AvgIpc) is 2.99. The topological polar surface area (TPSA) is 30.5 Å². The van der Waals surface area contributed by atoms with E-state index in [-0.39, 0.29) is 0 Å². The van der Waals surface area contributed by atoms with Gasteiger partial charge in [0, 0.05) is 13.7 Å². The first-order chi connectivity index (χ1) is 8.90. The SMILES string of the molecule is COCCOCCCCNCC1CC2C=CC1C2. The van der Waals surface area contributed by atoms with Crippen LogP contribution in [0.2, 0.25) is 0 Å². The van der Waals surface area contributed by atoms with Crippen LogP contribution in [0.15, 0.2) is 12.2 Å². The first-order valence-electron chi connectivity index (χ1n) is 7.36. The van der Waals surface area contributed by atoms with Gasteiger partial charge in [0.05, 0.1) is 13.2 Å². The highest BCUT2D eigenvalue weighted by Gasteiger charge is 2.34. The van der Waals surface area contributed by atoms with Crippen LogP contribution < -0.4 is 5.32 Å². The largest absolute Gasteiger partial charge is 0.382 e. The summed E-state index contributed by atoms with van der Waals surface area (Å²) >= 11 is 0. The van der Waals surface area contributed by atoms with Gasteiger partial charge in [-0.1, -0.05) is 12.2 Å². The maximum atomic E-state index is 5.43. The Kier molecular flexibility index (Phi) is 6.18. The Morgan fingerprint density at radius 3 is 2.78 bits per heavy atom. The zero-order valence-electron chi connectivity index (χ0n) is 11.6. The number of allylic oxidation sites excluding steroid dienone is 2. The second-order valence-corrected chi connectivity index (χ2v) is 5.56. The van der Waals surface area contributed by atoms with Crippen LogP contribution in [-0.4, -0.2) is 40.0 Å². The van der Waals surface area contributed by atoms with Crippen LogP contribution in [0.1, 0.15) is 25.7 Å². The maximum Gasteiger partial charge on any atom is 0.0700 e. The van der Waals surface area contributed by atoms with Gasteiger partial charge in [0.1, 0.15) is 0 Å². The van der Waals surface area contributed by atoms with Gasteiger partial charge in [-0.2, -0.15) is 0 Å². The van der Waals surface area contributed by atoms with Crippen molar-refractivity contribution in [3.05, 3.63) is 12.2 Å². The molecule has 2 bridgehead atoms. The van der Waals surface area contributed by atoms with Crippen molar-refractivity contribution in [2.75, 3.05) is 40.0 Å². The Morgan fingerprint density at radius 2 is 2.06 bits per heavy atom. The lowest BCUT2D eigenvalue weighted by Crippen LogP contribution is -2.26. The summed E-state index contributed by atoms with van der Waals surface area (Å²) in [7, 11) is 1.71. The van der Waals surface area contributed by atoms with Crippen LogP contribution in [0.25, 0.3) is 0 Å². The van der Waals surface area contributed by atoms with E-state index in [2.05, 4.69) is 17.5 Å². The Morgan fingerprint density at radius 1 is 1.11 bits per heavy atom. The lowest BCUT2D eigenvalue weighted by Gasteiger charge is -2.18. The zero-order chi connectivity index (χ0) is 12.6. The van der Waals surface area contributed by atoms with Crippen LogP contribution in [0.5, 0.6) is 0 Å². The van der Waals surface area contributed by atoms with Crippen LogP contribution >= 0.6 is 0 Å². The summed E-state index contributed by atoms with van der Waals surface area (Å²) in [6.45, 7) is 4.63. The fraction of sp³-hybridized carbons (Fsp3) is 0.867. The number of hydrogen-bond donors (Lipinski definition) is 1. The van der Waals surface area contributed by atoms with E-state index in [4.69, 9.17) is 9.47 Å². The van der Waals surface area contributed by atoms with Gasteiger partial charge < -0.3 is 14.8 Å². The van der Waals surface area contributed by atoms with Gasteiger partial charge in [-0.05, 0) is 56.5 Å². The molecule has 2 aliphatic rings. The van der Waals surface area contributed by atoms with Crippen molar-refractivity contribution >= 4 is 0 Å². The van der Waals surface area contributed by atoms with Gasteiger partial charge in [-0.3, -0.25) is 0 Å². The summed E-state index contributed by atoms with van der Waals surface area (Å²) in [5, 5.41) is 3.60. The summed E-state index contributed by atoms with van der Waals surface area (Å²) in [6, 6.07) is 0. The highest BCUT2D eigenvalue weighted by atomic mass is 16.5. The number of methoxy groups -OCH3 is 1. The van der Waals surface area contributed by atoms with Gasteiger partial charge in [0.2, 0.25) is 0 Å². The number of fused-ring (bicyclic) bond motifs is 2. The molecule has 3 unspecified atom stereocenters. The smallest absolute Gasteiger partial charge is 0.0700 e. The highest BCUT2D eigenvalue weighted by Crippen LogP contribution is 2.42. The molecule has 104 valence electrons. The van der Waals surface area contributed by atoms with Crippen molar-refractivity contribution in [2.45, 2.75) is 25.7 Å². The lowest BCUT2D eigenvalue weighted by atomic mass is 9.94. The molecular weight excluding hydrogens is 226 g/mol. The molecule has 3 atom stereocenters. The standard InChI is InChI=1S/C15H27NO2/c1-17-8-9-18-7-3-2-6-16-12-15-11-13-4-5-14(15)10-13/h4-5,13-16H,2-3,6-12H2,1H3. The maximum absolute atomic E-state index is 5.43. The summed E-state index contributed by atoms with van der Waals surface area (Å²) in [5.74, 6) is 2.67. The fourth-order valence-corrected chi connectivity index (χ4v) is 3.12. The van der Waals surface area contributed by atoms with E-state index in [0.29, 0.717) is 6.61 Å². The van der Waals surface area contributed by atoms with Crippen molar-refractivity contribution in [1.82, 2.24) is 5.32 Å².